The summed E-state index contributed by atoms with van der Waals surface area (Å²) in [5.74, 6) is -1.54. The number of carbonyl (C=O) groups excluding carboxylic acids is 2. The molecule has 0 atom stereocenters. The van der Waals surface area contributed by atoms with Crippen LogP contribution < -0.4 is 15.5 Å². The standard InChI is InChI=1S/C29H32N6O2.C2HF3O2.CHF3.CH2O2/c1-2-6-21-9-11-23(12-10-21)29(37)32-25-20-35-26(31-25)13-14-27(33-35)34-17-15-24(16-18-34)28(36)30-19-22-7-4-3-5-8-22;3-2(4,5)1(6)7;2-1(3)4;2-1-3/h3-5,7-14,20,24H,2,6,15-19H2,1H3,(H,30,36)(H,32,37);(H,6,7);1H;1H,(H,2,3). The molecule has 5 rings (SSSR count). The predicted octanol–water partition coefficient (Wildman–Crippen LogP) is 5.98. The number of piperidine rings is 1. The first-order chi connectivity index (χ1) is 24.2. The number of anilines is 2. The van der Waals surface area contributed by atoms with Crippen molar-refractivity contribution in [2.45, 2.75) is 52.0 Å². The lowest BCUT2D eigenvalue weighted by atomic mass is 9.96. The molecule has 0 unspecified atom stereocenters. The lowest BCUT2D eigenvalue weighted by Gasteiger charge is -2.32. The molecule has 1 saturated heterocycles. The monoisotopic (exact) mass is 726 g/mol. The molecule has 0 saturated carbocycles. The van der Waals surface area contributed by atoms with E-state index >= 15 is 0 Å². The highest BCUT2D eigenvalue weighted by Crippen LogP contribution is 2.23. The van der Waals surface area contributed by atoms with Gasteiger partial charge in [-0.2, -0.15) is 26.3 Å². The van der Waals surface area contributed by atoms with Crippen molar-refractivity contribution in [1.29, 1.82) is 0 Å². The Bertz CT molecular complexity index is 1680. The van der Waals surface area contributed by atoms with E-state index in [9.17, 15) is 35.9 Å². The molecule has 4 N–H and O–H groups in total. The number of halogens is 6. The molecule has 2 aromatic carbocycles. The number of hydrogen-bond donors (Lipinski definition) is 4. The zero-order valence-corrected chi connectivity index (χ0v) is 27.2. The molecule has 4 aromatic rings. The van der Waals surface area contributed by atoms with Gasteiger partial charge in [0.1, 0.15) is 5.82 Å². The Labute approximate surface area is 288 Å². The number of aliphatic carboxylic acids is 1. The van der Waals surface area contributed by atoms with Gasteiger partial charge in [0.05, 0.1) is 6.20 Å². The van der Waals surface area contributed by atoms with E-state index in [2.05, 4.69) is 27.4 Å². The number of aryl methyl sites for hydroxylation is 1. The fourth-order valence-electron chi connectivity index (χ4n) is 4.70. The molecule has 1 fully saturated rings. The van der Waals surface area contributed by atoms with Gasteiger partial charge in [0.15, 0.2) is 11.5 Å². The maximum absolute atomic E-state index is 12.7. The first-order valence-corrected chi connectivity index (χ1v) is 15.3. The fraction of sp³-hybridized carbons (Fsp3) is 0.333. The number of carbonyl (C=O) groups is 4. The van der Waals surface area contributed by atoms with Crippen molar-refractivity contribution in [3.8, 4) is 0 Å². The van der Waals surface area contributed by atoms with E-state index in [0.717, 1.165) is 50.2 Å². The van der Waals surface area contributed by atoms with Crippen LogP contribution in [0.4, 0.5) is 38.0 Å². The molecule has 18 heteroatoms. The number of hydrogen-bond acceptors (Lipinski definition) is 7. The lowest BCUT2D eigenvalue weighted by Crippen LogP contribution is -2.40. The molecule has 0 aliphatic carbocycles. The Balaban J connectivity index is 0.000000550. The number of rotatable bonds is 8. The highest BCUT2D eigenvalue weighted by atomic mass is 19.4. The average molecular weight is 727 g/mol. The van der Waals surface area contributed by atoms with Crippen LogP contribution in [0, 0.1) is 5.92 Å². The number of nitrogens with zero attached hydrogens (tertiary/aromatic N) is 4. The highest BCUT2D eigenvalue weighted by Gasteiger charge is 2.38. The topological polar surface area (TPSA) is 166 Å². The van der Waals surface area contributed by atoms with Crippen LogP contribution in [-0.2, 0) is 27.3 Å². The summed E-state index contributed by atoms with van der Waals surface area (Å²) in [5.41, 5.74) is 3.58. The van der Waals surface area contributed by atoms with Crippen LogP contribution in [0.1, 0.15) is 47.7 Å². The summed E-state index contributed by atoms with van der Waals surface area (Å²) in [6, 6.07) is 21.5. The van der Waals surface area contributed by atoms with Gasteiger partial charge in [-0.05, 0) is 54.7 Å². The normalized spacial score (nSPS) is 12.7. The summed E-state index contributed by atoms with van der Waals surface area (Å²) in [7, 11) is 0. The van der Waals surface area contributed by atoms with Crippen molar-refractivity contribution < 1.29 is 55.7 Å². The fourth-order valence-corrected chi connectivity index (χ4v) is 4.70. The van der Waals surface area contributed by atoms with Gasteiger partial charge < -0.3 is 25.7 Å². The molecule has 0 radical (unpaired) electrons. The second kappa shape index (κ2) is 20.7. The summed E-state index contributed by atoms with van der Waals surface area (Å²) < 4.78 is 62.4. The third kappa shape index (κ3) is 14.8. The Hall–Kier alpha value is -5.68. The second-order valence-corrected chi connectivity index (χ2v) is 10.6. The minimum Gasteiger partial charge on any atom is -0.483 e. The zero-order valence-electron chi connectivity index (χ0n) is 27.2. The van der Waals surface area contributed by atoms with Gasteiger partial charge in [-0.25, -0.2) is 14.3 Å². The van der Waals surface area contributed by atoms with E-state index in [0.29, 0.717) is 23.6 Å². The summed E-state index contributed by atoms with van der Waals surface area (Å²) in [6.07, 6.45) is 0.280. The largest absolute Gasteiger partial charge is 0.490 e. The van der Waals surface area contributed by atoms with E-state index in [1.807, 2.05) is 66.7 Å². The number of alkyl halides is 6. The Morgan fingerprint density at radius 1 is 0.961 bits per heavy atom. The van der Waals surface area contributed by atoms with Gasteiger partial charge in [-0.3, -0.25) is 14.4 Å². The molecular formula is C33H36F6N6O6. The van der Waals surface area contributed by atoms with Gasteiger partial charge in [0, 0.05) is 31.1 Å². The number of benzene rings is 2. The Kier molecular flexibility index (Phi) is 16.9. The maximum atomic E-state index is 12.7. The van der Waals surface area contributed by atoms with Gasteiger partial charge >= 0.3 is 18.8 Å². The van der Waals surface area contributed by atoms with Crippen LogP contribution in [0.5, 0.6) is 0 Å². The molecule has 0 bridgehead atoms. The third-order valence-corrected chi connectivity index (χ3v) is 7.04. The Morgan fingerprint density at radius 3 is 2.06 bits per heavy atom. The summed E-state index contributed by atoms with van der Waals surface area (Å²) in [6.45, 7) is 0.294. The van der Waals surface area contributed by atoms with E-state index in [1.54, 1.807) is 10.7 Å². The first kappa shape index (κ1) is 41.5. The highest BCUT2D eigenvalue weighted by molar-refractivity contribution is 6.03. The van der Waals surface area contributed by atoms with Crippen LogP contribution in [0.25, 0.3) is 5.65 Å². The summed E-state index contributed by atoms with van der Waals surface area (Å²) >= 11 is 0. The summed E-state index contributed by atoms with van der Waals surface area (Å²) in [4.78, 5) is 49.2. The molecule has 1 aliphatic rings. The van der Waals surface area contributed by atoms with Gasteiger partial charge in [-0.15, -0.1) is 5.10 Å². The number of amides is 2. The van der Waals surface area contributed by atoms with Crippen molar-refractivity contribution in [1.82, 2.24) is 19.9 Å². The molecule has 1 aliphatic heterocycles. The number of aromatic nitrogens is 3. The molecular weight excluding hydrogens is 690 g/mol. The molecule has 2 amide bonds. The third-order valence-electron chi connectivity index (χ3n) is 7.04. The molecule has 51 heavy (non-hydrogen) atoms. The van der Waals surface area contributed by atoms with Gasteiger partial charge in [0.2, 0.25) is 5.91 Å². The predicted molar refractivity (Wildman–Crippen MR) is 174 cm³/mol. The minimum absolute atomic E-state index is 0.00907. The van der Waals surface area contributed by atoms with Crippen LogP contribution >= 0.6 is 0 Å². The first-order valence-electron chi connectivity index (χ1n) is 15.3. The van der Waals surface area contributed by atoms with Crippen molar-refractivity contribution in [2.24, 2.45) is 5.92 Å². The molecule has 12 nitrogen and oxygen atoms in total. The van der Waals surface area contributed by atoms with Gasteiger partial charge in [0.25, 0.3) is 12.4 Å². The SMILES string of the molecule is CCCc1ccc(C(=O)Nc2cn3nc(N4CCC(C(=O)NCc5ccccc5)CC4)ccc3n2)cc1.FC(F)F.O=C(O)C(F)(F)F.O=CO. The van der Waals surface area contributed by atoms with Crippen LogP contribution in [0.3, 0.4) is 0 Å². The van der Waals surface area contributed by atoms with E-state index in [-0.39, 0.29) is 24.2 Å². The quantitative estimate of drug-likeness (QED) is 0.126. The number of fused-ring (bicyclic) bond motifs is 1. The molecule has 2 aromatic heterocycles. The minimum atomic E-state index is -5.08. The van der Waals surface area contributed by atoms with Gasteiger partial charge in [-0.1, -0.05) is 55.8 Å². The van der Waals surface area contributed by atoms with E-state index < -0.39 is 18.8 Å². The Morgan fingerprint density at radius 2 is 1.53 bits per heavy atom. The number of carboxylic acids is 1. The van der Waals surface area contributed by atoms with Crippen LogP contribution in [0.15, 0.2) is 72.9 Å². The number of nitrogens with one attached hydrogen (secondary N) is 2. The zero-order chi connectivity index (χ0) is 38.0. The molecule has 0 spiro atoms. The van der Waals surface area contributed by atoms with Crippen LogP contribution in [0.2, 0.25) is 0 Å². The van der Waals surface area contributed by atoms with Crippen LogP contribution in [-0.4, -0.2) is 75.0 Å². The van der Waals surface area contributed by atoms with Crippen molar-refractivity contribution in [3.63, 3.8) is 0 Å². The molecule has 3 heterocycles. The number of carboxylic acid groups (broad SMARTS) is 2. The van der Waals surface area contributed by atoms with Crippen molar-refractivity contribution in [2.75, 3.05) is 23.3 Å². The van der Waals surface area contributed by atoms with Crippen molar-refractivity contribution >= 4 is 41.5 Å². The van der Waals surface area contributed by atoms with E-state index in [4.69, 9.17) is 24.9 Å². The summed E-state index contributed by atoms with van der Waals surface area (Å²) in [5, 5.41) is 24.7. The maximum Gasteiger partial charge on any atom is 0.490 e. The average Bonchev–Trinajstić information content (AvgIpc) is 3.50. The van der Waals surface area contributed by atoms with Crippen molar-refractivity contribution in [3.05, 3.63) is 89.6 Å². The smallest absolute Gasteiger partial charge is 0.483 e. The molecule has 276 valence electrons. The van der Waals surface area contributed by atoms with E-state index in [1.165, 1.54) is 5.56 Å². The second-order valence-electron chi connectivity index (χ2n) is 10.6. The lowest BCUT2D eigenvalue weighted by molar-refractivity contribution is -0.192. The number of imidazole rings is 1.